The van der Waals surface area contributed by atoms with Crippen LogP contribution in [-0.4, -0.2) is 30.7 Å². The van der Waals surface area contributed by atoms with Gasteiger partial charge in [-0.3, -0.25) is 9.35 Å². The highest BCUT2D eigenvalue weighted by Crippen LogP contribution is 2.61. The maximum atomic E-state index is 14.1. The van der Waals surface area contributed by atoms with Crippen LogP contribution < -0.4 is 0 Å². The van der Waals surface area contributed by atoms with Gasteiger partial charge in [0, 0.05) is 6.42 Å². The van der Waals surface area contributed by atoms with Crippen molar-refractivity contribution in [2.75, 3.05) is 0 Å². The van der Waals surface area contributed by atoms with Gasteiger partial charge in [-0.05, 0) is 18.8 Å². The highest BCUT2D eigenvalue weighted by Gasteiger charge is 2.68. The van der Waals surface area contributed by atoms with E-state index in [-0.39, 0.29) is 12.3 Å². The zero-order valence-corrected chi connectivity index (χ0v) is 14.0. The third-order valence-corrected chi connectivity index (χ3v) is 6.20. The molecule has 1 heterocycles. The number of hydrogen-bond acceptors (Lipinski definition) is 6. The van der Waals surface area contributed by atoms with E-state index in [1.165, 1.54) is 0 Å². The minimum absolute atomic E-state index is 0.00989. The zero-order valence-electron chi connectivity index (χ0n) is 13.2. The summed E-state index contributed by atoms with van der Waals surface area (Å²) in [6.45, 7) is 0. The largest absolute Gasteiger partial charge is 0.422 e. The van der Waals surface area contributed by atoms with E-state index in [1.807, 2.05) is 0 Å². The van der Waals surface area contributed by atoms with Crippen LogP contribution in [0, 0.1) is 41.0 Å². The van der Waals surface area contributed by atoms with E-state index < -0.39 is 73.4 Å². The average molecular weight is 410 g/mol. The first kappa shape index (κ1) is 18.2. The second-order valence-corrected chi connectivity index (χ2v) is 8.17. The first-order chi connectivity index (χ1) is 12.5. The molecule has 4 rings (SSSR count). The number of carbonyl (C=O) groups excluding carboxylic acids is 2. The first-order valence-corrected chi connectivity index (χ1v) is 9.20. The Morgan fingerprint density at radius 2 is 1.70 bits per heavy atom. The summed E-state index contributed by atoms with van der Waals surface area (Å²) in [6, 6.07) is 0. The Balaban J connectivity index is 1.75. The summed E-state index contributed by atoms with van der Waals surface area (Å²) < 4.78 is 96.6. The van der Waals surface area contributed by atoms with Crippen LogP contribution in [-0.2, 0) is 24.4 Å². The van der Waals surface area contributed by atoms with Gasteiger partial charge >= 0.3 is 22.1 Å². The topological polar surface area (TPSA) is 107 Å². The molecule has 4 atom stereocenters. The number of benzene rings is 1. The molecule has 0 spiro atoms. The van der Waals surface area contributed by atoms with E-state index in [1.54, 1.807) is 0 Å². The summed E-state index contributed by atoms with van der Waals surface area (Å²) in [5, 5.41) is 0. The molecular formula is C15H10F4O7S. The second kappa shape index (κ2) is 5.41. The van der Waals surface area contributed by atoms with Crippen molar-refractivity contribution in [2.45, 2.75) is 29.9 Å². The van der Waals surface area contributed by atoms with Gasteiger partial charge < -0.3 is 9.47 Å². The molecule has 7 nitrogen and oxygen atoms in total. The summed E-state index contributed by atoms with van der Waals surface area (Å²) in [5.41, 5.74) is -1.82. The van der Waals surface area contributed by atoms with Gasteiger partial charge in [0.1, 0.15) is 5.56 Å². The van der Waals surface area contributed by atoms with Gasteiger partial charge in [0.25, 0.3) is 5.79 Å². The van der Waals surface area contributed by atoms with Crippen LogP contribution in [0.1, 0.15) is 29.6 Å². The Bertz CT molecular complexity index is 979. The number of fused-ring (bicyclic) bond motifs is 1. The van der Waals surface area contributed by atoms with Crippen molar-refractivity contribution in [1.82, 2.24) is 0 Å². The molecule has 27 heavy (non-hydrogen) atoms. The quantitative estimate of drug-likeness (QED) is 0.351. The predicted molar refractivity (Wildman–Crippen MR) is 74.6 cm³/mol. The molecule has 12 heteroatoms. The molecule has 1 saturated heterocycles. The molecule has 4 unspecified atom stereocenters. The Morgan fingerprint density at radius 1 is 1.11 bits per heavy atom. The predicted octanol–water partition coefficient (Wildman–Crippen LogP) is 1.95. The molecule has 146 valence electrons. The highest BCUT2D eigenvalue weighted by molar-refractivity contribution is 7.85. The number of rotatable bonds is 3. The van der Waals surface area contributed by atoms with Crippen LogP contribution >= 0.6 is 0 Å². The van der Waals surface area contributed by atoms with E-state index in [0.29, 0.717) is 12.8 Å². The van der Waals surface area contributed by atoms with Crippen LogP contribution in [0.3, 0.4) is 0 Å². The molecular weight excluding hydrogens is 400 g/mol. The van der Waals surface area contributed by atoms with Crippen LogP contribution in [0.2, 0.25) is 0 Å². The second-order valence-electron chi connectivity index (χ2n) is 6.81. The molecule has 0 radical (unpaired) electrons. The fraction of sp³-hybridized carbons (Fsp3) is 0.467. The van der Waals surface area contributed by atoms with Crippen molar-refractivity contribution in [3.05, 3.63) is 28.8 Å². The van der Waals surface area contributed by atoms with E-state index in [9.17, 15) is 35.6 Å². The standard InChI is InChI=1S/C15H10F4O7S/c16-8-7(9(17)11(19)12(10(8)18)27(22,23)24)14(21)26-15-3-4-1-5(6(15)2-4)13(20)25-15/h4-6H,1-3H2,(H,22,23,24). The van der Waals surface area contributed by atoms with E-state index >= 15 is 0 Å². The van der Waals surface area contributed by atoms with Crippen molar-refractivity contribution in [2.24, 2.45) is 17.8 Å². The highest BCUT2D eigenvalue weighted by atomic mass is 32.2. The van der Waals surface area contributed by atoms with Gasteiger partial charge in [-0.1, -0.05) is 0 Å². The third kappa shape index (κ3) is 2.39. The van der Waals surface area contributed by atoms with Crippen LogP contribution in [0.5, 0.6) is 0 Å². The average Bonchev–Trinajstić information content (AvgIpc) is 3.12. The molecule has 0 aromatic heterocycles. The van der Waals surface area contributed by atoms with Crippen molar-refractivity contribution in [3.63, 3.8) is 0 Å². The summed E-state index contributed by atoms with van der Waals surface area (Å²) in [6.07, 6.45) is 1.10. The normalized spacial score (nSPS) is 31.3. The Hall–Kier alpha value is -2.21. The number of esters is 2. The van der Waals surface area contributed by atoms with Crippen molar-refractivity contribution >= 4 is 22.1 Å². The molecule has 1 aromatic carbocycles. The number of carbonyl (C=O) groups is 2. The first-order valence-electron chi connectivity index (χ1n) is 7.76. The number of hydrogen-bond donors (Lipinski definition) is 1. The minimum Gasteiger partial charge on any atom is -0.422 e. The minimum atomic E-state index is -5.65. The van der Waals surface area contributed by atoms with E-state index in [2.05, 4.69) is 0 Å². The van der Waals surface area contributed by atoms with Gasteiger partial charge in [-0.2, -0.15) is 8.42 Å². The summed E-state index contributed by atoms with van der Waals surface area (Å²) in [4.78, 5) is 21.8. The Labute approximate surface area is 149 Å². The number of ether oxygens (including phenoxy) is 2. The van der Waals surface area contributed by atoms with Gasteiger partial charge in [-0.15, -0.1) is 0 Å². The van der Waals surface area contributed by atoms with Crippen LogP contribution in [0.15, 0.2) is 4.90 Å². The number of halogens is 4. The molecule has 1 N–H and O–H groups in total. The maximum Gasteiger partial charge on any atom is 0.347 e. The monoisotopic (exact) mass is 410 g/mol. The molecule has 2 bridgehead atoms. The van der Waals surface area contributed by atoms with Crippen molar-refractivity contribution < 1.29 is 49.6 Å². The van der Waals surface area contributed by atoms with Crippen LogP contribution in [0.4, 0.5) is 17.6 Å². The van der Waals surface area contributed by atoms with Gasteiger partial charge in [0.05, 0.1) is 11.8 Å². The molecule has 0 amide bonds. The molecule has 1 aromatic rings. The fourth-order valence-corrected chi connectivity index (χ4v) is 4.97. The summed E-state index contributed by atoms with van der Waals surface area (Å²) >= 11 is 0. The van der Waals surface area contributed by atoms with E-state index in [0.717, 1.165) is 0 Å². The molecule has 1 aliphatic heterocycles. The van der Waals surface area contributed by atoms with Crippen LogP contribution in [0.25, 0.3) is 0 Å². The third-order valence-electron chi connectivity index (χ3n) is 5.33. The smallest absolute Gasteiger partial charge is 0.347 e. The lowest BCUT2D eigenvalue weighted by atomic mass is 9.87. The lowest BCUT2D eigenvalue weighted by Gasteiger charge is -2.29. The van der Waals surface area contributed by atoms with Gasteiger partial charge in [0.2, 0.25) is 0 Å². The van der Waals surface area contributed by atoms with Crippen molar-refractivity contribution in [1.29, 1.82) is 0 Å². The van der Waals surface area contributed by atoms with Crippen molar-refractivity contribution in [3.8, 4) is 0 Å². The molecule has 3 fully saturated rings. The SMILES string of the molecule is O=C(OC12CC3CC(C(=O)O1)C2C3)c1c(F)c(F)c(S(=O)(=O)O)c(F)c1F. The molecule has 3 aliphatic rings. The van der Waals surface area contributed by atoms with E-state index in [4.69, 9.17) is 14.0 Å². The fourth-order valence-electron chi connectivity index (χ4n) is 4.34. The molecule has 2 aliphatic carbocycles. The zero-order chi connectivity index (χ0) is 19.9. The van der Waals surface area contributed by atoms with Gasteiger partial charge in [-0.25, -0.2) is 22.4 Å². The summed E-state index contributed by atoms with van der Waals surface area (Å²) in [7, 11) is -5.65. The summed E-state index contributed by atoms with van der Waals surface area (Å²) in [5.74, 6) is -15.0. The Kier molecular flexibility index (Phi) is 3.64. The maximum absolute atomic E-state index is 14.1. The van der Waals surface area contributed by atoms with Gasteiger partial charge in [0.15, 0.2) is 28.2 Å². The lowest BCUT2D eigenvalue weighted by Crippen LogP contribution is -2.40. The molecule has 2 saturated carbocycles. The lowest BCUT2D eigenvalue weighted by molar-refractivity contribution is -0.196. The Morgan fingerprint density at radius 3 is 2.22 bits per heavy atom.